The highest BCUT2D eigenvalue weighted by atomic mass is 79.9. The van der Waals surface area contributed by atoms with Crippen LogP contribution in [-0.2, 0) is 17.7 Å². The highest BCUT2D eigenvalue weighted by Gasteiger charge is 2.45. The van der Waals surface area contributed by atoms with Gasteiger partial charge in [0, 0.05) is 5.33 Å². The Hall–Kier alpha value is -1.23. The zero-order valence-electron chi connectivity index (χ0n) is 8.45. The Morgan fingerprint density at radius 3 is 1.94 bits per heavy atom. The van der Waals surface area contributed by atoms with Crippen LogP contribution in [0.2, 0.25) is 0 Å². The molecule has 0 unspecified atom stereocenters. The van der Waals surface area contributed by atoms with Crippen LogP contribution in [0.5, 0.6) is 0 Å². The summed E-state index contributed by atoms with van der Waals surface area (Å²) in [5, 5.41) is 8.12. The lowest BCUT2D eigenvalue weighted by atomic mass is 9.96. The fourth-order valence-corrected chi connectivity index (χ4v) is 2.03. The summed E-state index contributed by atoms with van der Waals surface area (Å²) in [5.41, 5.74) is -4.75. The summed E-state index contributed by atoms with van der Waals surface area (Å²) in [6.45, 7) is 0. The van der Waals surface area contributed by atoms with Gasteiger partial charge in [-0.3, -0.25) is 0 Å². The van der Waals surface area contributed by atoms with Gasteiger partial charge in [0.2, 0.25) is 0 Å². The molecule has 0 aliphatic heterocycles. The van der Waals surface area contributed by atoms with E-state index in [1.165, 1.54) is 6.07 Å². The first kappa shape index (κ1) is 14.8. The summed E-state index contributed by atoms with van der Waals surface area (Å²) in [7, 11) is 0. The van der Waals surface area contributed by atoms with Crippen molar-refractivity contribution in [2.24, 2.45) is 0 Å². The number of nitriles is 1. The van der Waals surface area contributed by atoms with Gasteiger partial charge < -0.3 is 0 Å². The molecule has 0 saturated heterocycles. The molecule has 0 bridgehead atoms. The molecule has 0 N–H and O–H groups in total. The first-order chi connectivity index (χ1) is 8.12. The Balaban J connectivity index is 3.73. The molecule has 1 aromatic rings. The lowest BCUT2D eigenvalue weighted by molar-refractivity contribution is -0.162. The monoisotopic (exact) mass is 331 g/mol. The van der Waals surface area contributed by atoms with E-state index in [9.17, 15) is 26.3 Å². The van der Waals surface area contributed by atoms with Crippen molar-refractivity contribution in [2.45, 2.75) is 17.7 Å². The predicted octanol–water partition coefficient (Wildman–Crippen LogP) is 4.49. The zero-order valence-corrected chi connectivity index (χ0v) is 10.0. The van der Waals surface area contributed by atoms with Crippen LogP contribution in [0.15, 0.2) is 12.1 Å². The second-order valence-corrected chi connectivity index (χ2v) is 3.82. The summed E-state index contributed by atoms with van der Waals surface area (Å²) in [6, 6.07) is 2.44. The maximum absolute atomic E-state index is 12.7. The van der Waals surface area contributed by atoms with Crippen molar-refractivity contribution in [1.82, 2.24) is 0 Å². The van der Waals surface area contributed by atoms with E-state index < -0.39 is 39.9 Å². The number of halogens is 7. The van der Waals surface area contributed by atoms with E-state index in [2.05, 4.69) is 15.9 Å². The van der Waals surface area contributed by atoms with Gasteiger partial charge in [0.15, 0.2) is 0 Å². The van der Waals surface area contributed by atoms with Gasteiger partial charge in [0.1, 0.15) is 0 Å². The normalized spacial score (nSPS) is 12.3. The third-order valence-corrected chi connectivity index (χ3v) is 2.72. The van der Waals surface area contributed by atoms with Gasteiger partial charge in [-0.2, -0.15) is 31.6 Å². The summed E-state index contributed by atoms with van der Waals surface area (Å²) < 4.78 is 75.7. The standard InChI is InChI=1S/C10H4BrF6N/c11-3-6-5(4-18)1-2-7(9(12,13)14)8(6)10(15,16)17/h1-2H,3H2. The molecule has 0 fully saturated rings. The predicted molar refractivity (Wildman–Crippen MR) is 53.8 cm³/mol. The highest BCUT2D eigenvalue weighted by molar-refractivity contribution is 9.08. The van der Waals surface area contributed by atoms with Gasteiger partial charge in [-0.05, 0) is 17.7 Å². The lowest BCUT2D eigenvalue weighted by Gasteiger charge is -2.19. The maximum atomic E-state index is 12.7. The summed E-state index contributed by atoms with van der Waals surface area (Å²) in [6.07, 6.45) is -10.3. The Bertz CT molecular complexity index is 497. The second-order valence-electron chi connectivity index (χ2n) is 3.26. The van der Waals surface area contributed by atoms with E-state index in [1.54, 1.807) is 0 Å². The number of rotatable bonds is 1. The average molecular weight is 332 g/mol. The fourth-order valence-electron chi connectivity index (χ4n) is 1.45. The summed E-state index contributed by atoms with van der Waals surface area (Å²) in [4.78, 5) is 0. The van der Waals surface area contributed by atoms with Gasteiger partial charge in [0.25, 0.3) is 0 Å². The van der Waals surface area contributed by atoms with Crippen molar-refractivity contribution >= 4 is 15.9 Å². The smallest absolute Gasteiger partial charge is 0.192 e. The van der Waals surface area contributed by atoms with Crippen LogP contribution in [0.3, 0.4) is 0 Å². The van der Waals surface area contributed by atoms with Crippen molar-refractivity contribution in [3.05, 3.63) is 34.4 Å². The molecule has 0 aliphatic carbocycles. The van der Waals surface area contributed by atoms with Gasteiger partial charge >= 0.3 is 12.4 Å². The number of hydrogen-bond donors (Lipinski definition) is 0. The highest BCUT2D eigenvalue weighted by Crippen LogP contribution is 2.43. The van der Waals surface area contributed by atoms with Gasteiger partial charge in [-0.1, -0.05) is 15.9 Å². The van der Waals surface area contributed by atoms with Crippen molar-refractivity contribution in [2.75, 3.05) is 0 Å². The maximum Gasteiger partial charge on any atom is 0.417 e. The molecule has 0 aromatic heterocycles. The molecular weight excluding hydrogens is 328 g/mol. The largest absolute Gasteiger partial charge is 0.417 e. The molecule has 0 saturated carbocycles. The SMILES string of the molecule is N#Cc1ccc(C(F)(F)F)c(C(F)(F)F)c1CBr. The van der Waals surface area contributed by atoms with Crippen LogP contribution in [0.25, 0.3) is 0 Å². The molecule has 1 nitrogen and oxygen atoms in total. The first-order valence-electron chi connectivity index (χ1n) is 4.39. The Morgan fingerprint density at radius 2 is 1.61 bits per heavy atom. The van der Waals surface area contributed by atoms with Crippen LogP contribution < -0.4 is 0 Å². The van der Waals surface area contributed by atoms with E-state index in [0.29, 0.717) is 0 Å². The molecule has 0 aliphatic rings. The van der Waals surface area contributed by atoms with Crippen LogP contribution >= 0.6 is 15.9 Å². The van der Waals surface area contributed by atoms with E-state index in [-0.39, 0.29) is 6.07 Å². The molecule has 8 heteroatoms. The van der Waals surface area contributed by atoms with Crippen molar-refractivity contribution in [3.8, 4) is 6.07 Å². The molecule has 0 amide bonds. The lowest BCUT2D eigenvalue weighted by Crippen LogP contribution is -2.19. The first-order valence-corrected chi connectivity index (χ1v) is 5.51. The zero-order chi connectivity index (χ0) is 14.1. The van der Waals surface area contributed by atoms with Crippen molar-refractivity contribution in [3.63, 3.8) is 0 Å². The van der Waals surface area contributed by atoms with Crippen LogP contribution in [0.4, 0.5) is 26.3 Å². The molecule has 0 heterocycles. The third-order valence-electron chi connectivity index (χ3n) is 2.16. The van der Waals surface area contributed by atoms with Crippen LogP contribution in [-0.4, -0.2) is 0 Å². The van der Waals surface area contributed by atoms with E-state index >= 15 is 0 Å². The number of hydrogen-bond acceptors (Lipinski definition) is 1. The molecule has 0 radical (unpaired) electrons. The minimum Gasteiger partial charge on any atom is -0.192 e. The molecule has 1 rings (SSSR count). The third kappa shape index (κ3) is 2.77. The Kier molecular flexibility index (Phi) is 3.96. The van der Waals surface area contributed by atoms with Gasteiger partial charge in [-0.15, -0.1) is 0 Å². The van der Waals surface area contributed by atoms with Crippen LogP contribution in [0, 0.1) is 11.3 Å². The molecule has 18 heavy (non-hydrogen) atoms. The van der Waals surface area contributed by atoms with Crippen molar-refractivity contribution < 1.29 is 26.3 Å². The van der Waals surface area contributed by atoms with Crippen LogP contribution in [0.1, 0.15) is 22.3 Å². The summed E-state index contributed by atoms with van der Waals surface area (Å²) >= 11 is 2.67. The molecule has 0 spiro atoms. The number of nitrogens with zero attached hydrogens (tertiary/aromatic N) is 1. The number of benzene rings is 1. The number of alkyl halides is 7. The van der Waals surface area contributed by atoms with E-state index in [0.717, 1.165) is 6.07 Å². The Labute approximate surface area is 106 Å². The molecule has 0 atom stereocenters. The van der Waals surface area contributed by atoms with Crippen molar-refractivity contribution in [1.29, 1.82) is 5.26 Å². The van der Waals surface area contributed by atoms with E-state index in [4.69, 9.17) is 5.26 Å². The topological polar surface area (TPSA) is 23.8 Å². The molecular formula is C10H4BrF6N. The Morgan fingerprint density at radius 1 is 1.06 bits per heavy atom. The molecule has 98 valence electrons. The fraction of sp³-hybridized carbons (Fsp3) is 0.300. The minimum atomic E-state index is -5.18. The summed E-state index contributed by atoms with van der Waals surface area (Å²) in [5.74, 6) is 0. The molecule has 1 aromatic carbocycles. The average Bonchev–Trinajstić information content (AvgIpc) is 2.24. The van der Waals surface area contributed by atoms with E-state index in [1.807, 2.05) is 0 Å². The second kappa shape index (κ2) is 4.80. The minimum absolute atomic E-state index is 0.271. The quantitative estimate of drug-likeness (QED) is 0.549. The van der Waals surface area contributed by atoms with Gasteiger partial charge in [0.05, 0.1) is 22.8 Å². The van der Waals surface area contributed by atoms with Gasteiger partial charge in [-0.25, -0.2) is 0 Å².